The van der Waals surface area contributed by atoms with Crippen LogP contribution in [0.4, 0.5) is 0 Å². The predicted octanol–water partition coefficient (Wildman–Crippen LogP) is 3.34. The molecule has 18 heavy (non-hydrogen) atoms. The van der Waals surface area contributed by atoms with E-state index in [-0.39, 0.29) is 5.75 Å². The van der Waals surface area contributed by atoms with E-state index in [0.717, 1.165) is 0 Å². The number of carbonyl (C=O) groups is 1. The molecule has 0 spiro atoms. The standard InChI is InChI=1S/C15H14O3/c1-9(2)15(17)18-14-10(3)8-13(16)11-6-4-5-7-12(11)14/h4-8,16H,1H2,2-3H3. The Hall–Kier alpha value is -2.29. The monoisotopic (exact) mass is 242 g/mol. The molecule has 0 aliphatic rings. The molecule has 1 N–H and O–H groups in total. The van der Waals surface area contributed by atoms with Crippen molar-refractivity contribution in [3.63, 3.8) is 0 Å². The Morgan fingerprint density at radius 3 is 2.50 bits per heavy atom. The molecule has 0 aliphatic carbocycles. The number of aryl methyl sites for hydroxylation is 1. The number of carbonyl (C=O) groups excluding carboxylic acids is 1. The molecule has 0 unspecified atom stereocenters. The number of aromatic hydroxyl groups is 1. The van der Waals surface area contributed by atoms with E-state index < -0.39 is 5.97 Å². The molecule has 0 amide bonds. The summed E-state index contributed by atoms with van der Waals surface area (Å²) in [6, 6.07) is 8.83. The fraction of sp³-hybridized carbons (Fsp3) is 0.133. The lowest BCUT2D eigenvalue weighted by atomic mass is 10.0. The van der Waals surface area contributed by atoms with Crippen LogP contribution in [0.2, 0.25) is 0 Å². The molecule has 0 fully saturated rings. The van der Waals surface area contributed by atoms with Gasteiger partial charge in [-0.05, 0) is 25.5 Å². The van der Waals surface area contributed by atoms with E-state index >= 15 is 0 Å². The second kappa shape index (κ2) is 4.53. The number of phenolic OH excluding ortho intramolecular Hbond substituents is 1. The largest absolute Gasteiger partial charge is 0.507 e. The van der Waals surface area contributed by atoms with Crippen LogP contribution in [-0.2, 0) is 4.79 Å². The van der Waals surface area contributed by atoms with Gasteiger partial charge in [-0.3, -0.25) is 0 Å². The van der Waals surface area contributed by atoms with Crippen molar-refractivity contribution in [2.45, 2.75) is 13.8 Å². The minimum absolute atomic E-state index is 0.179. The summed E-state index contributed by atoms with van der Waals surface area (Å²) in [5, 5.41) is 11.2. The fourth-order valence-electron chi connectivity index (χ4n) is 1.78. The minimum atomic E-state index is -0.464. The second-order valence-electron chi connectivity index (χ2n) is 4.26. The molecule has 2 rings (SSSR count). The van der Waals surface area contributed by atoms with Crippen molar-refractivity contribution in [2.75, 3.05) is 0 Å². The number of ether oxygens (including phenoxy) is 1. The van der Waals surface area contributed by atoms with Gasteiger partial charge < -0.3 is 9.84 Å². The zero-order valence-corrected chi connectivity index (χ0v) is 10.4. The first-order chi connectivity index (χ1) is 8.50. The molecule has 0 heterocycles. The van der Waals surface area contributed by atoms with Crippen molar-refractivity contribution in [1.29, 1.82) is 0 Å². The Labute approximate surface area is 105 Å². The maximum absolute atomic E-state index is 11.6. The van der Waals surface area contributed by atoms with Gasteiger partial charge in [-0.15, -0.1) is 0 Å². The molecular weight excluding hydrogens is 228 g/mol. The van der Waals surface area contributed by atoms with Crippen LogP contribution in [0.1, 0.15) is 12.5 Å². The Morgan fingerprint density at radius 1 is 1.28 bits per heavy atom. The third-order valence-electron chi connectivity index (χ3n) is 2.70. The van der Waals surface area contributed by atoms with Gasteiger partial charge in [0.05, 0.1) is 0 Å². The summed E-state index contributed by atoms with van der Waals surface area (Å²) < 4.78 is 5.33. The molecule has 0 atom stereocenters. The molecule has 0 bridgehead atoms. The van der Waals surface area contributed by atoms with Gasteiger partial charge in [-0.2, -0.15) is 0 Å². The molecule has 92 valence electrons. The van der Waals surface area contributed by atoms with Gasteiger partial charge in [0.25, 0.3) is 0 Å². The highest BCUT2D eigenvalue weighted by atomic mass is 16.5. The fourth-order valence-corrected chi connectivity index (χ4v) is 1.78. The Kier molecular flexibility index (Phi) is 3.06. The highest BCUT2D eigenvalue weighted by Gasteiger charge is 2.13. The number of rotatable bonds is 2. The lowest BCUT2D eigenvalue weighted by Crippen LogP contribution is -2.09. The summed E-state index contributed by atoms with van der Waals surface area (Å²) in [5.74, 6) is 0.184. The smallest absolute Gasteiger partial charge is 0.338 e. The van der Waals surface area contributed by atoms with Gasteiger partial charge in [0, 0.05) is 16.3 Å². The van der Waals surface area contributed by atoms with Gasteiger partial charge in [-0.1, -0.05) is 30.8 Å². The van der Waals surface area contributed by atoms with Crippen molar-refractivity contribution in [2.24, 2.45) is 0 Å². The maximum Gasteiger partial charge on any atom is 0.338 e. The first kappa shape index (κ1) is 12.2. The highest BCUT2D eigenvalue weighted by molar-refractivity contribution is 5.97. The Morgan fingerprint density at radius 2 is 1.89 bits per heavy atom. The summed E-state index contributed by atoms with van der Waals surface area (Å²) in [7, 11) is 0. The zero-order chi connectivity index (χ0) is 13.3. The minimum Gasteiger partial charge on any atom is -0.507 e. The number of hydrogen-bond acceptors (Lipinski definition) is 3. The maximum atomic E-state index is 11.6. The van der Waals surface area contributed by atoms with E-state index in [4.69, 9.17) is 4.74 Å². The van der Waals surface area contributed by atoms with E-state index in [0.29, 0.717) is 27.7 Å². The van der Waals surface area contributed by atoms with Crippen molar-refractivity contribution in [1.82, 2.24) is 0 Å². The van der Waals surface area contributed by atoms with Gasteiger partial charge in [0.1, 0.15) is 11.5 Å². The van der Waals surface area contributed by atoms with Crippen LogP contribution < -0.4 is 4.74 Å². The van der Waals surface area contributed by atoms with Crippen molar-refractivity contribution >= 4 is 16.7 Å². The lowest BCUT2D eigenvalue weighted by Gasteiger charge is -2.12. The number of fused-ring (bicyclic) bond motifs is 1. The quantitative estimate of drug-likeness (QED) is 0.499. The summed E-state index contributed by atoms with van der Waals surface area (Å²) in [6.45, 7) is 6.94. The second-order valence-corrected chi connectivity index (χ2v) is 4.26. The number of phenols is 1. The van der Waals surface area contributed by atoms with Crippen molar-refractivity contribution < 1.29 is 14.6 Å². The molecule has 0 saturated heterocycles. The SMILES string of the molecule is C=C(C)C(=O)Oc1c(C)cc(O)c2ccccc12. The van der Waals surface area contributed by atoms with Crippen LogP contribution in [0.15, 0.2) is 42.5 Å². The highest BCUT2D eigenvalue weighted by Crippen LogP contribution is 2.35. The predicted molar refractivity (Wildman–Crippen MR) is 70.8 cm³/mol. The zero-order valence-electron chi connectivity index (χ0n) is 10.4. The van der Waals surface area contributed by atoms with Crippen LogP contribution in [-0.4, -0.2) is 11.1 Å². The molecule has 2 aromatic carbocycles. The number of esters is 1. The van der Waals surface area contributed by atoms with E-state index in [1.807, 2.05) is 18.2 Å². The molecule has 0 aliphatic heterocycles. The molecule has 0 saturated carbocycles. The topological polar surface area (TPSA) is 46.5 Å². The average Bonchev–Trinajstić information content (AvgIpc) is 2.34. The third kappa shape index (κ3) is 2.07. The molecule has 3 heteroatoms. The Bertz CT molecular complexity index is 641. The molecule has 0 aromatic heterocycles. The van der Waals surface area contributed by atoms with Crippen LogP contribution in [0.5, 0.6) is 11.5 Å². The summed E-state index contributed by atoms with van der Waals surface area (Å²) in [5.41, 5.74) is 1.05. The third-order valence-corrected chi connectivity index (χ3v) is 2.70. The number of hydrogen-bond donors (Lipinski definition) is 1. The first-order valence-electron chi connectivity index (χ1n) is 5.59. The van der Waals surface area contributed by atoms with E-state index in [1.54, 1.807) is 26.0 Å². The molecule has 2 aromatic rings. The summed E-state index contributed by atoms with van der Waals surface area (Å²) >= 11 is 0. The van der Waals surface area contributed by atoms with Crippen LogP contribution >= 0.6 is 0 Å². The molecule has 0 radical (unpaired) electrons. The van der Waals surface area contributed by atoms with Crippen LogP contribution in [0, 0.1) is 6.92 Å². The van der Waals surface area contributed by atoms with Crippen LogP contribution in [0.3, 0.4) is 0 Å². The lowest BCUT2D eigenvalue weighted by molar-refractivity contribution is -0.130. The summed E-state index contributed by atoms with van der Waals surface area (Å²) in [6.07, 6.45) is 0. The van der Waals surface area contributed by atoms with E-state index in [9.17, 15) is 9.90 Å². The number of benzene rings is 2. The van der Waals surface area contributed by atoms with Crippen molar-refractivity contribution in [3.8, 4) is 11.5 Å². The molecule has 3 nitrogen and oxygen atoms in total. The average molecular weight is 242 g/mol. The summed E-state index contributed by atoms with van der Waals surface area (Å²) in [4.78, 5) is 11.6. The molecular formula is C15H14O3. The first-order valence-corrected chi connectivity index (χ1v) is 5.59. The van der Waals surface area contributed by atoms with Crippen molar-refractivity contribution in [3.05, 3.63) is 48.0 Å². The van der Waals surface area contributed by atoms with E-state index in [2.05, 4.69) is 6.58 Å². The van der Waals surface area contributed by atoms with Gasteiger partial charge in [0.15, 0.2) is 0 Å². The van der Waals surface area contributed by atoms with Gasteiger partial charge in [-0.25, -0.2) is 4.79 Å². The normalized spacial score (nSPS) is 10.3. The van der Waals surface area contributed by atoms with Crippen LogP contribution in [0.25, 0.3) is 10.8 Å². The van der Waals surface area contributed by atoms with E-state index in [1.165, 1.54) is 0 Å². The van der Waals surface area contributed by atoms with Gasteiger partial charge >= 0.3 is 5.97 Å². The van der Waals surface area contributed by atoms with Gasteiger partial charge in [0.2, 0.25) is 0 Å². The Balaban J connectivity index is 2.63.